The van der Waals surface area contributed by atoms with Crippen molar-refractivity contribution in [3.63, 3.8) is 0 Å². The van der Waals surface area contributed by atoms with Crippen molar-refractivity contribution in [1.82, 2.24) is 10.6 Å². The summed E-state index contributed by atoms with van der Waals surface area (Å²) < 4.78 is 31.6. The number of carbonyl (C=O) groups is 3. The van der Waals surface area contributed by atoms with Crippen molar-refractivity contribution in [2.24, 2.45) is 0 Å². The van der Waals surface area contributed by atoms with E-state index in [9.17, 15) is 23.2 Å². The fraction of sp³-hybridized carbons (Fsp3) is 0.286. The Kier molecular flexibility index (Phi) is 8.89. The SMILES string of the molecule is COCC(NC(=O)CCC(=O)NCC(=O)c1ccc(F)cc1F)c1cccc(Cl)c1. The monoisotopic (exact) mass is 438 g/mol. The maximum atomic E-state index is 13.6. The van der Waals surface area contributed by atoms with Crippen LogP contribution in [0.15, 0.2) is 42.5 Å². The van der Waals surface area contributed by atoms with Gasteiger partial charge in [0, 0.05) is 31.0 Å². The molecule has 0 saturated carbocycles. The normalized spacial score (nSPS) is 11.6. The zero-order chi connectivity index (χ0) is 22.1. The zero-order valence-electron chi connectivity index (χ0n) is 16.2. The van der Waals surface area contributed by atoms with Crippen LogP contribution in [0.3, 0.4) is 0 Å². The van der Waals surface area contributed by atoms with Gasteiger partial charge >= 0.3 is 0 Å². The van der Waals surface area contributed by atoms with Crippen LogP contribution in [0.2, 0.25) is 5.02 Å². The minimum Gasteiger partial charge on any atom is -0.382 e. The summed E-state index contributed by atoms with van der Waals surface area (Å²) in [7, 11) is 1.50. The summed E-state index contributed by atoms with van der Waals surface area (Å²) >= 11 is 5.97. The Morgan fingerprint density at radius 1 is 1.07 bits per heavy atom. The molecule has 160 valence electrons. The lowest BCUT2D eigenvalue weighted by molar-refractivity contribution is -0.127. The van der Waals surface area contributed by atoms with E-state index >= 15 is 0 Å². The van der Waals surface area contributed by atoms with Crippen LogP contribution in [0.5, 0.6) is 0 Å². The number of Topliss-reactive ketones (excluding diaryl/α,β-unsaturated/α-hetero) is 1. The number of rotatable bonds is 10. The van der Waals surface area contributed by atoms with Gasteiger partial charge in [0.15, 0.2) is 5.78 Å². The first-order valence-corrected chi connectivity index (χ1v) is 9.46. The molecule has 0 spiro atoms. The van der Waals surface area contributed by atoms with E-state index in [4.69, 9.17) is 16.3 Å². The average Bonchev–Trinajstić information content (AvgIpc) is 2.70. The second kappa shape index (κ2) is 11.4. The molecule has 2 aromatic carbocycles. The van der Waals surface area contributed by atoms with E-state index in [1.807, 2.05) is 0 Å². The molecule has 9 heteroatoms. The lowest BCUT2D eigenvalue weighted by Gasteiger charge is -2.18. The molecule has 0 bridgehead atoms. The van der Waals surface area contributed by atoms with Gasteiger partial charge in [0.05, 0.1) is 24.8 Å². The largest absolute Gasteiger partial charge is 0.382 e. The van der Waals surface area contributed by atoms with E-state index in [1.54, 1.807) is 24.3 Å². The Morgan fingerprint density at radius 3 is 2.47 bits per heavy atom. The molecule has 2 amide bonds. The highest BCUT2D eigenvalue weighted by Gasteiger charge is 2.17. The number of benzene rings is 2. The molecule has 0 aromatic heterocycles. The Hall–Kier alpha value is -2.84. The predicted molar refractivity (Wildman–Crippen MR) is 107 cm³/mol. The van der Waals surface area contributed by atoms with Crippen molar-refractivity contribution >= 4 is 29.2 Å². The van der Waals surface area contributed by atoms with Gasteiger partial charge in [-0.2, -0.15) is 0 Å². The molecule has 2 aromatic rings. The second-order valence-electron chi connectivity index (χ2n) is 6.45. The maximum absolute atomic E-state index is 13.6. The summed E-state index contributed by atoms with van der Waals surface area (Å²) in [5.41, 5.74) is 0.437. The Balaban J connectivity index is 1.81. The van der Waals surface area contributed by atoms with Gasteiger partial charge in [-0.05, 0) is 29.8 Å². The number of ketones is 1. The van der Waals surface area contributed by atoms with E-state index in [2.05, 4.69) is 10.6 Å². The molecule has 0 saturated heterocycles. The van der Waals surface area contributed by atoms with Crippen LogP contribution < -0.4 is 10.6 Å². The average molecular weight is 439 g/mol. The number of hydrogen-bond acceptors (Lipinski definition) is 4. The minimum atomic E-state index is -1.00. The quantitative estimate of drug-likeness (QED) is 0.558. The van der Waals surface area contributed by atoms with Crippen molar-refractivity contribution in [1.29, 1.82) is 0 Å². The predicted octanol–water partition coefficient (Wildman–Crippen LogP) is 3.20. The van der Waals surface area contributed by atoms with Crippen molar-refractivity contribution in [2.45, 2.75) is 18.9 Å². The Labute approximate surface area is 177 Å². The number of methoxy groups -OCH3 is 1. The van der Waals surface area contributed by atoms with Crippen molar-refractivity contribution in [2.75, 3.05) is 20.3 Å². The highest BCUT2D eigenvalue weighted by atomic mass is 35.5. The molecule has 2 rings (SSSR count). The molecule has 0 fully saturated rings. The van der Waals surface area contributed by atoms with Crippen LogP contribution in [0.25, 0.3) is 0 Å². The summed E-state index contributed by atoms with van der Waals surface area (Å²) in [6.45, 7) is -0.242. The first-order valence-electron chi connectivity index (χ1n) is 9.09. The van der Waals surface area contributed by atoms with Gasteiger partial charge in [-0.25, -0.2) is 8.78 Å². The molecule has 6 nitrogen and oxygen atoms in total. The first-order chi connectivity index (χ1) is 14.3. The van der Waals surface area contributed by atoms with Gasteiger partial charge in [0.2, 0.25) is 11.8 Å². The van der Waals surface area contributed by atoms with E-state index in [1.165, 1.54) is 7.11 Å². The number of ether oxygens (including phenoxy) is 1. The zero-order valence-corrected chi connectivity index (χ0v) is 17.0. The van der Waals surface area contributed by atoms with Gasteiger partial charge in [-0.3, -0.25) is 14.4 Å². The molecule has 30 heavy (non-hydrogen) atoms. The Morgan fingerprint density at radius 2 is 1.80 bits per heavy atom. The number of halogens is 3. The van der Waals surface area contributed by atoms with E-state index in [-0.39, 0.29) is 30.9 Å². The summed E-state index contributed by atoms with van der Waals surface area (Å²) in [5.74, 6) is -3.44. The summed E-state index contributed by atoms with van der Waals surface area (Å²) in [6.07, 6.45) is -0.286. The minimum absolute atomic E-state index is 0.119. The van der Waals surface area contributed by atoms with Crippen molar-refractivity contribution < 1.29 is 27.9 Å². The number of amides is 2. The van der Waals surface area contributed by atoms with Crippen molar-refractivity contribution in [3.8, 4) is 0 Å². The van der Waals surface area contributed by atoms with Gasteiger partial charge in [-0.15, -0.1) is 0 Å². The molecule has 1 atom stereocenters. The van der Waals surface area contributed by atoms with Crippen LogP contribution in [0.4, 0.5) is 8.78 Å². The van der Waals surface area contributed by atoms with Crippen LogP contribution in [-0.4, -0.2) is 37.9 Å². The van der Waals surface area contributed by atoms with Gasteiger partial charge in [-0.1, -0.05) is 23.7 Å². The highest BCUT2D eigenvalue weighted by Crippen LogP contribution is 2.18. The molecular formula is C21H21ClF2N2O4. The van der Waals surface area contributed by atoms with Gasteiger partial charge < -0.3 is 15.4 Å². The molecule has 0 aliphatic rings. The molecule has 0 aliphatic heterocycles. The summed E-state index contributed by atoms with van der Waals surface area (Å²) in [5, 5.41) is 5.61. The second-order valence-corrected chi connectivity index (χ2v) is 6.89. The topological polar surface area (TPSA) is 84.5 Å². The van der Waals surface area contributed by atoms with Crippen molar-refractivity contribution in [3.05, 3.63) is 70.2 Å². The number of carbonyl (C=O) groups excluding carboxylic acids is 3. The number of nitrogens with one attached hydrogen (secondary N) is 2. The molecule has 2 N–H and O–H groups in total. The number of hydrogen-bond donors (Lipinski definition) is 2. The maximum Gasteiger partial charge on any atom is 0.221 e. The van der Waals surface area contributed by atoms with Crippen LogP contribution in [-0.2, 0) is 14.3 Å². The molecule has 0 heterocycles. The standard InChI is InChI=1S/C21H21ClF2N2O4/c1-30-12-18(13-3-2-4-14(22)9-13)26-21(29)8-7-20(28)25-11-19(27)16-6-5-15(23)10-17(16)24/h2-6,9-10,18H,7-8,11-12H2,1H3,(H,25,28)(H,26,29). The highest BCUT2D eigenvalue weighted by molar-refractivity contribution is 6.30. The molecule has 0 aliphatic carbocycles. The smallest absolute Gasteiger partial charge is 0.221 e. The van der Waals surface area contributed by atoms with E-state index in [0.717, 1.165) is 17.7 Å². The summed E-state index contributed by atoms with van der Waals surface area (Å²) in [4.78, 5) is 36.0. The third-order valence-corrected chi connectivity index (χ3v) is 4.41. The fourth-order valence-corrected chi connectivity index (χ4v) is 2.88. The third kappa shape index (κ3) is 7.20. The van der Waals surface area contributed by atoms with Gasteiger partial charge in [0.25, 0.3) is 0 Å². The third-order valence-electron chi connectivity index (χ3n) is 4.18. The van der Waals surface area contributed by atoms with Crippen LogP contribution in [0, 0.1) is 11.6 Å². The molecule has 0 radical (unpaired) electrons. The lowest BCUT2D eigenvalue weighted by atomic mass is 10.1. The summed E-state index contributed by atoms with van der Waals surface area (Å²) in [6, 6.07) is 9.09. The van der Waals surface area contributed by atoms with E-state index < -0.39 is 35.9 Å². The first kappa shape index (κ1) is 23.4. The molecule has 1 unspecified atom stereocenters. The molecular weight excluding hydrogens is 418 g/mol. The van der Waals surface area contributed by atoms with E-state index in [0.29, 0.717) is 11.1 Å². The van der Waals surface area contributed by atoms with Crippen LogP contribution >= 0.6 is 11.6 Å². The Bertz CT molecular complexity index is 924. The lowest BCUT2D eigenvalue weighted by Crippen LogP contribution is -2.34. The van der Waals surface area contributed by atoms with Crippen LogP contribution in [0.1, 0.15) is 34.8 Å². The van der Waals surface area contributed by atoms with Gasteiger partial charge in [0.1, 0.15) is 11.6 Å². The fourth-order valence-electron chi connectivity index (χ4n) is 2.68.